The van der Waals surface area contributed by atoms with Crippen LogP contribution in [0.2, 0.25) is 0 Å². The van der Waals surface area contributed by atoms with Crippen molar-refractivity contribution in [2.75, 3.05) is 13.7 Å². The lowest BCUT2D eigenvalue weighted by Crippen LogP contribution is -2.40. The number of aromatic nitrogens is 2. The van der Waals surface area contributed by atoms with E-state index in [1.54, 1.807) is 18.6 Å². The molecule has 8 heteroatoms. The molecule has 0 saturated carbocycles. The molecule has 5 rings (SSSR count). The highest BCUT2D eigenvalue weighted by molar-refractivity contribution is 7.07. The monoisotopic (exact) mass is 499 g/mol. The first kappa shape index (κ1) is 23.6. The smallest absolute Gasteiger partial charge is 0.338 e. The van der Waals surface area contributed by atoms with Gasteiger partial charge in [0.2, 0.25) is 0 Å². The van der Waals surface area contributed by atoms with Gasteiger partial charge in [0.1, 0.15) is 11.8 Å². The Morgan fingerprint density at radius 3 is 2.53 bits per heavy atom. The summed E-state index contributed by atoms with van der Waals surface area (Å²) in [7, 11) is 3.50. The van der Waals surface area contributed by atoms with Crippen LogP contribution >= 0.6 is 11.3 Å². The number of benzene rings is 2. The molecule has 1 aliphatic rings. The summed E-state index contributed by atoms with van der Waals surface area (Å²) in [6.07, 6.45) is 3.77. The molecule has 3 heterocycles. The second-order valence-electron chi connectivity index (χ2n) is 8.22. The van der Waals surface area contributed by atoms with Gasteiger partial charge >= 0.3 is 5.97 Å². The number of carbonyl (C=O) groups excluding carboxylic acids is 1. The molecule has 0 spiro atoms. The molecule has 0 radical (unpaired) electrons. The third-order valence-electron chi connectivity index (χ3n) is 6.07. The third kappa shape index (κ3) is 4.09. The number of hydrogen-bond donors (Lipinski definition) is 0. The van der Waals surface area contributed by atoms with E-state index in [1.165, 1.54) is 11.3 Å². The molecule has 0 fully saturated rings. The van der Waals surface area contributed by atoms with Crippen LogP contribution in [0.4, 0.5) is 0 Å². The minimum atomic E-state index is -0.776. The van der Waals surface area contributed by atoms with Crippen LogP contribution in [0.1, 0.15) is 29.8 Å². The van der Waals surface area contributed by atoms with Crippen molar-refractivity contribution < 1.29 is 14.3 Å². The first-order valence-corrected chi connectivity index (χ1v) is 12.4. The normalized spacial score (nSPS) is 15.4. The predicted molar refractivity (Wildman–Crippen MR) is 139 cm³/mol. The fourth-order valence-corrected chi connectivity index (χ4v) is 5.37. The number of esters is 1. The zero-order valence-electron chi connectivity index (χ0n) is 20.2. The number of carbonyl (C=O) groups is 1. The lowest BCUT2D eigenvalue weighted by atomic mass is 9.92. The van der Waals surface area contributed by atoms with Crippen LogP contribution in [0.15, 0.2) is 88.3 Å². The van der Waals surface area contributed by atoms with E-state index in [0.29, 0.717) is 31.9 Å². The van der Waals surface area contributed by atoms with Crippen molar-refractivity contribution in [3.8, 4) is 5.75 Å². The molecule has 2 aromatic carbocycles. The Balaban J connectivity index is 1.88. The lowest BCUT2D eigenvalue weighted by Gasteiger charge is -2.27. The van der Waals surface area contributed by atoms with E-state index in [9.17, 15) is 9.59 Å². The first-order valence-electron chi connectivity index (χ1n) is 11.6. The van der Waals surface area contributed by atoms with Gasteiger partial charge in [0.25, 0.3) is 5.56 Å². The van der Waals surface area contributed by atoms with Gasteiger partial charge in [0.05, 0.1) is 29.5 Å². The molecule has 2 aromatic heterocycles. The number of fused-ring (bicyclic) bond motifs is 1. The summed E-state index contributed by atoms with van der Waals surface area (Å²) in [5.74, 6) is 0.0448. The summed E-state index contributed by atoms with van der Waals surface area (Å²) in [6, 6.07) is 20.0. The summed E-state index contributed by atoms with van der Waals surface area (Å²) in [6.45, 7) is 1.95. The summed E-state index contributed by atoms with van der Waals surface area (Å²) in [5.41, 5.74) is 2.88. The van der Waals surface area contributed by atoms with Crippen LogP contribution in [0.3, 0.4) is 0 Å². The van der Waals surface area contributed by atoms with E-state index in [4.69, 9.17) is 14.5 Å². The molecule has 1 unspecified atom stereocenters. The second kappa shape index (κ2) is 9.83. The van der Waals surface area contributed by atoms with Gasteiger partial charge in [0, 0.05) is 30.1 Å². The lowest BCUT2D eigenvalue weighted by molar-refractivity contribution is -0.138. The molecule has 0 amide bonds. The molecule has 4 aromatic rings. The molecule has 182 valence electrons. The highest BCUT2D eigenvalue weighted by Crippen LogP contribution is 2.38. The SMILES string of the molecule is CCOC(=O)C1=C(c2ccccc2)N=c2s/c(=C\c3cccn3C)c(=O)n2C1c1ccccc1OC. The van der Waals surface area contributed by atoms with Gasteiger partial charge in [-0.15, -0.1) is 0 Å². The summed E-state index contributed by atoms with van der Waals surface area (Å²) in [5, 5.41) is 0. The Morgan fingerprint density at radius 1 is 1.08 bits per heavy atom. The average molecular weight is 500 g/mol. The number of rotatable bonds is 6. The van der Waals surface area contributed by atoms with E-state index in [2.05, 4.69) is 0 Å². The van der Waals surface area contributed by atoms with Crippen molar-refractivity contribution in [3.05, 3.63) is 115 Å². The Morgan fingerprint density at radius 2 is 1.83 bits per heavy atom. The molecule has 0 saturated heterocycles. The highest BCUT2D eigenvalue weighted by Gasteiger charge is 2.36. The average Bonchev–Trinajstić information content (AvgIpc) is 3.45. The maximum absolute atomic E-state index is 13.9. The number of ether oxygens (including phenoxy) is 2. The molecular formula is C28H25N3O4S. The van der Waals surface area contributed by atoms with Crippen LogP contribution in [-0.2, 0) is 16.6 Å². The van der Waals surface area contributed by atoms with E-state index in [0.717, 1.165) is 11.3 Å². The van der Waals surface area contributed by atoms with Gasteiger partial charge in [-0.3, -0.25) is 9.36 Å². The molecule has 0 aliphatic carbocycles. The molecule has 7 nitrogen and oxygen atoms in total. The van der Waals surface area contributed by atoms with Crippen LogP contribution in [-0.4, -0.2) is 28.8 Å². The fraction of sp³-hybridized carbons (Fsp3) is 0.179. The topological polar surface area (TPSA) is 74.8 Å². The standard InChI is InChI=1S/C28H25N3O4S/c1-4-35-27(33)23-24(18-11-6-5-7-12-18)29-28-31(25(23)20-14-8-9-15-21(20)34-3)26(32)22(36-28)17-19-13-10-16-30(19)2/h5-17,25H,4H2,1-3H3/b22-17-. The quantitative estimate of drug-likeness (QED) is 0.382. The van der Waals surface area contributed by atoms with E-state index >= 15 is 0 Å². The number of thiazole rings is 1. The Hall–Kier alpha value is -4.17. The highest BCUT2D eigenvalue weighted by atomic mass is 32.1. The molecule has 0 bridgehead atoms. The fourth-order valence-electron chi connectivity index (χ4n) is 4.39. The Bertz CT molecular complexity index is 1640. The van der Waals surface area contributed by atoms with Crippen molar-refractivity contribution in [3.63, 3.8) is 0 Å². The number of methoxy groups -OCH3 is 1. The van der Waals surface area contributed by atoms with E-state index in [1.807, 2.05) is 90.6 Å². The van der Waals surface area contributed by atoms with Gasteiger partial charge in [-0.2, -0.15) is 0 Å². The van der Waals surface area contributed by atoms with Gasteiger partial charge in [0.15, 0.2) is 4.80 Å². The predicted octanol–water partition coefficient (Wildman–Crippen LogP) is 3.28. The maximum atomic E-state index is 13.9. The minimum Gasteiger partial charge on any atom is -0.496 e. The third-order valence-corrected chi connectivity index (χ3v) is 7.05. The number of aryl methyl sites for hydroxylation is 1. The van der Waals surface area contributed by atoms with Crippen molar-refractivity contribution in [1.29, 1.82) is 0 Å². The van der Waals surface area contributed by atoms with Crippen LogP contribution < -0.4 is 19.6 Å². The van der Waals surface area contributed by atoms with Gasteiger partial charge in [-0.25, -0.2) is 9.79 Å². The number of hydrogen-bond acceptors (Lipinski definition) is 6. The van der Waals surface area contributed by atoms with Crippen LogP contribution in [0.5, 0.6) is 5.75 Å². The number of nitrogens with zero attached hydrogens (tertiary/aromatic N) is 3. The van der Waals surface area contributed by atoms with E-state index in [-0.39, 0.29) is 12.2 Å². The Kier molecular flexibility index (Phi) is 6.43. The van der Waals surface area contributed by atoms with Crippen LogP contribution in [0.25, 0.3) is 11.8 Å². The minimum absolute atomic E-state index is 0.195. The van der Waals surface area contributed by atoms with Gasteiger partial charge in [-0.1, -0.05) is 59.9 Å². The van der Waals surface area contributed by atoms with Crippen LogP contribution in [0, 0.1) is 0 Å². The molecule has 1 atom stereocenters. The maximum Gasteiger partial charge on any atom is 0.338 e. The molecular weight excluding hydrogens is 474 g/mol. The van der Waals surface area contributed by atoms with E-state index < -0.39 is 12.0 Å². The van der Waals surface area contributed by atoms with Gasteiger partial charge < -0.3 is 14.0 Å². The summed E-state index contributed by atoms with van der Waals surface area (Å²) >= 11 is 1.29. The zero-order valence-corrected chi connectivity index (χ0v) is 21.0. The van der Waals surface area contributed by atoms with Crippen molar-refractivity contribution in [1.82, 2.24) is 9.13 Å². The molecule has 36 heavy (non-hydrogen) atoms. The summed E-state index contributed by atoms with van der Waals surface area (Å²) < 4.78 is 15.2. The first-order chi connectivity index (χ1) is 17.5. The largest absolute Gasteiger partial charge is 0.496 e. The zero-order chi connectivity index (χ0) is 25.2. The number of para-hydroxylation sites is 1. The second-order valence-corrected chi connectivity index (χ2v) is 9.23. The molecule has 0 N–H and O–H groups in total. The Labute approximate surface area is 211 Å². The van der Waals surface area contributed by atoms with Crippen molar-refractivity contribution in [2.45, 2.75) is 13.0 Å². The van der Waals surface area contributed by atoms with Crippen molar-refractivity contribution >= 4 is 29.1 Å². The summed E-state index contributed by atoms with van der Waals surface area (Å²) in [4.78, 5) is 32.7. The van der Waals surface area contributed by atoms with Crippen molar-refractivity contribution in [2.24, 2.45) is 12.0 Å². The molecule has 1 aliphatic heterocycles. The van der Waals surface area contributed by atoms with Gasteiger partial charge in [-0.05, 0) is 31.2 Å².